The van der Waals surface area contributed by atoms with Crippen LogP contribution in [0.4, 0.5) is 0 Å². The van der Waals surface area contributed by atoms with Gasteiger partial charge in [-0.3, -0.25) is 0 Å². The van der Waals surface area contributed by atoms with Gasteiger partial charge in [-0.15, -0.1) is 6.58 Å². The zero-order valence-electron chi connectivity index (χ0n) is 8.78. The molecule has 0 saturated heterocycles. The molecule has 0 fully saturated rings. The molecule has 0 aliphatic carbocycles. The van der Waals surface area contributed by atoms with Gasteiger partial charge in [0.2, 0.25) is 0 Å². The summed E-state index contributed by atoms with van der Waals surface area (Å²) in [5, 5.41) is 8.30. The average Bonchev–Trinajstić information content (AvgIpc) is 2.21. The standard InChI is InChI=1S/C13H19N/c1-2-3-4-5-6-7-8-9-10-11-12-13-14/h2,5-6,8-9H,1,3-4,7,10-12H2/b6-5+,9-8+. The first-order chi connectivity index (χ1) is 6.91. The highest BCUT2D eigenvalue weighted by atomic mass is 14.2. The van der Waals surface area contributed by atoms with Crippen molar-refractivity contribution in [3.63, 3.8) is 0 Å². The maximum atomic E-state index is 8.30. The van der Waals surface area contributed by atoms with Crippen LogP contribution in [-0.2, 0) is 0 Å². The number of nitriles is 1. The molecule has 0 heterocycles. The van der Waals surface area contributed by atoms with E-state index in [0.717, 1.165) is 32.1 Å². The Morgan fingerprint density at radius 3 is 2.36 bits per heavy atom. The summed E-state index contributed by atoms with van der Waals surface area (Å²) in [5.41, 5.74) is 0. The summed E-state index contributed by atoms with van der Waals surface area (Å²) in [4.78, 5) is 0. The lowest BCUT2D eigenvalue weighted by Crippen LogP contribution is -1.68. The van der Waals surface area contributed by atoms with E-state index in [1.807, 2.05) is 6.08 Å². The Balaban J connectivity index is 3.22. The number of nitrogens with zero attached hydrogens (tertiary/aromatic N) is 1. The van der Waals surface area contributed by atoms with Crippen LogP contribution >= 0.6 is 0 Å². The molecule has 0 aromatic heterocycles. The van der Waals surface area contributed by atoms with Crippen LogP contribution in [0.5, 0.6) is 0 Å². The predicted octanol–water partition coefficient (Wildman–Crippen LogP) is 4.15. The van der Waals surface area contributed by atoms with Crippen LogP contribution in [0, 0.1) is 11.3 Å². The number of hydrogen-bond donors (Lipinski definition) is 0. The van der Waals surface area contributed by atoms with Crippen LogP contribution < -0.4 is 0 Å². The largest absolute Gasteiger partial charge is 0.198 e. The summed E-state index contributed by atoms with van der Waals surface area (Å²) in [7, 11) is 0. The predicted molar refractivity (Wildman–Crippen MR) is 61.8 cm³/mol. The van der Waals surface area contributed by atoms with Crippen LogP contribution in [0.3, 0.4) is 0 Å². The van der Waals surface area contributed by atoms with E-state index in [2.05, 4.69) is 37.0 Å². The van der Waals surface area contributed by atoms with Gasteiger partial charge < -0.3 is 0 Å². The molecule has 0 aromatic carbocycles. The van der Waals surface area contributed by atoms with Crippen molar-refractivity contribution in [3.8, 4) is 6.07 Å². The van der Waals surface area contributed by atoms with Crippen molar-refractivity contribution in [1.29, 1.82) is 5.26 Å². The Hall–Kier alpha value is -1.29. The molecule has 0 radical (unpaired) electrons. The van der Waals surface area contributed by atoms with Crippen LogP contribution in [0.1, 0.15) is 38.5 Å². The van der Waals surface area contributed by atoms with E-state index in [4.69, 9.17) is 5.26 Å². The minimum atomic E-state index is 0.666. The van der Waals surface area contributed by atoms with E-state index >= 15 is 0 Å². The highest BCUT2D eigenvalue weighted by Crippen LogP contribution is 1.98. The Labute approximate surface area is 87.4 Å². The molecule has 0 aliphatic heterocycles. The molecular weight excluding hydrogens is 170 g/mol. The summed E-state index contributed by atoms with van der Waals surface area (Å²) in [6.07, 6.45) is 16.4. The molecule has 0 unspecified atom stereocenters. The number of unbranched alkanes of at least 4 members (excludes halogenated alkanes) is 3. The topological polar surface area (TPSA) is 23.8 Å². The summed E-state index contributed by atoms with van der Waals surface area (Å²) >= 11 is 0. The molecule has 0 N–H and O–H groups in total. The van der Waals surface area contributed by atoms with Gasteiger partial charge >= 0.3 is 0 Å². The highest BCUT2D eigenvalue weighted by Gasteiger charge is 1.80. The monoisotopic (exact) mass is 189 g/mol. The van der Waals surface area contributed by atoms with Crippen molar-refractivity contribution in [2.75, 3.05) is 0 Å². The number of rotatable bonds is 8. The van der Waals surface area contributed by atoms with E-state index in [0.29, 0.717) is 6.42 Å². The van der Waals surface area contributed by atoms with Crippen molar-refractivity contribution < 1.29 is 0 Å². The lowest BCUT2D eigenvalue weighted by molar-refractivity contribution is 0.874. The van der Waals surface area contributed by atoms with Crippen LogP contribution in [0.25, 0.3) is 0 Å². The molecule has 0 saturated carbocycles. The molecule has 1 nitrogen and oxygen atoms in total. The van der Waals surface area contributed by atoms with E-state index in [-0.39, 0.29) is 0 Å². The first-order valence-electron chi connectivity index (χ1n) is 5.19. The fourth-order valence-corrected chi connectivity index (χ4v) is 1.02. The fraction of sp³-hybridized carbons (Fsp3) is 0.462. The molecule has 0 atom stereocenters. The SMILES string of the molecule is C=CCC/C=C/C/C=C/CCCC#N. The molecule has 0 aliphatic rings. The van der Waals surface area contributed by atoms with Crippen LogP contribution in [0.2, 0.25) is 0 Å². The molecule has 0 bridgehead atoms. The van der Waals surface area contributed by atoms with Crippen LogP contribution in [0.15, 0.2) is 37.0 Å². The molecule has 0 rings (SSSR count). The molecule has 14 heavy (non-hydrogen) atoms. The molecule has 0 spiro atoms. The summed E-state index contributed by atoms with van der Waals surface area (Å²) in [6, 6.07) is 2.14. The van der Waals surface area contributed by atoms with E-state index in [9.17, 15) is 0 Å². The van der Waals surface area contributed by atoms with Crippen LogP contribution in [-0.4, -0.2) is 0 Å². The third-order valence-corrected chi connectivity index (χ3v) is 1.80. The maximum absolute atomic E-state index is 8.30. The average molecular weight is 189 g/mol. The Morgan fingerprint density at radius 1 is 1.00 bits per heavy atom. The Morgan fingerprint density at radius 2 is 1.71 bits per heavy atom. The van der Waals surface area contributed by atoms with Crippen molar-refractivity contribution in [2.45, 2.75) is 38.5 Å². The second kappa shape index (κ2) is 11.7. The molecular formula is C13H19N. The van der Waals surface area contributed by atoms with Gasteiger partial charge in [0.15, 0.2) is 0 Å². The first-order valence-corrected chi connectivity index (χ1v) is 5.19. The normalized spacial score (nSPS) is 10.8. The maximum Gasteiger partial charge on any atom is 0.0621 e. The molecule has 76 valence electrons. The third kappa shape index (κ3) is 10.7. The van der Waals surface area contributed by atoms with Gasteiger partial charge in [0.1, 0.15) is 0 Å². The highest BCUT2D eigenvalue weighted by molar-refractivity contribution is 4.93. The number of hydrogen-bond acceptors (Lipinski definition) is 1. The van der Waals surface area contributed by atoms with Gasteiger partial charge in [0.25, 0.3) is 0 Å². The summed E-state index contributed by atoms with van der Waals surface area (Å²) in [6.45, 7) is 3.66. The van der Waals surface area contributed by atoms with Gasteiger partial charge in [0.05, 0.1) is 6.07 Å². The van der Waals surface area contributed by atoms with E-state index in [1.165, 1.54) is 0 Å². The second-order valence-corrected chi connectivity index (χ2v) is 3.09. The smallest absolute Gasteiger partial charge is 0.0621 e. The quantitative estimate of drug-likeness (QED) is 0.415. The molecule has 0 amide bonds. The fourth-order valence-electron chi connectivity index (χ4n) is 1.02. The van der Waals surface area contributed by atoms with Crippen molar-refractivity contribution in [3.05, 3.63) is 37.0 Å². The Bertz CT molecular complexity index is 218. The van der Waals surface area contributed by atoms with Gasteiger partial charge in [-0.25, -0.2) is 0 Å². The van der Waals surface area contributed by atoms with Gasteiger partial charge in [-0.2, -0.15) is 5.26 Å². The van der Waals surface area contributed by atoms with E-state index < -0.39 is 0 Å². The first kappa shape index (κ1) is 12.7. The molecule has 0 aromatic rings. The number of allylic oxidation sites excluding steroid dienone is 5. The third-order valence-electron chi connectivity index (χ3n) is 1.80. The van der Waals surface area contributed by atoms with Crippen molar-refractivity contribution in [2.24, 2.45) is 0 Å². The second-order valence-electron chi connectivity index (χ2n) is 3.09. The minimum Gasteiger partial charge on any atom is -0.198 e. The zero-order chi connectivity index (χ0) is 10.5. The lowest BCUT2D eigenvalue weighted by atomic mass is 10.2. The molecule has 1 heteroatoms. The summed E-state index contributed by atoms with van der Waals surface area (Å²) < 4.78 is 0. The van der Waals surface area contributed by atoms with Crippen molar-refractivity contribution in [1.82, 2.24) is 0 Å². The van der Waals surface area contributed by atoms with E-state index in [1.54, 1.807) is 0 Å². The Kier molecular flexibility index (Phi) is 10.6. The van der Waals surface area contributed by atoms with Gasteiger partial charge in [0, 0.05) is 6.42 Å². The van der Waals surface area contributed by atoms with Gasteiger partial charge in [-0.05, 0) is 32.1 Å². The van der Waals surface area contributed by atoms with Crippen molar-refractivity contribution >= 4 is 0 Å². The lowest BCUT2D eigenvalue weighted by Gasteiger charge is -1.87. The summed E-state index contributed by atoms with van der Waals surface area (Å²) in [5.74, 6) is 0. The zero-order valence-corrected chi connectivity index (χ0v) is 8.78. The minimum absolute atomic E-state index is 0.666. The van der Waals surface area contributed by atoms with Gasteiger partial charge in [-0.1, -0.05) is 30.4 Å².